The average molecular weight is 181 g/mol. The van der Waals surface area contributed by atoms with Gasteiger partial charge >= 0.3 is 0 Å². The molecular formula is C8H11N3S. The highest BCUT2D eigenvalue weighted by molar-refractivity contribution is 7.80. The minimum Gasteiger partial charge on any atom is -0.393 e. The number of aromatic amines is 1. The molecule has 1 atom stereocenters. The third-order valence-electron chi connectivity index (χ3n) is 2.42. The van der Waals surface area contributed by atoms with Gasteiger partial charge in [0.15, 0.2) is 0 Å². The van der Waals surface area contributed by atoms with Crippen molar-refractivity contribution in [2.24, 2.45) is 11.7 Å². The van der Waals surface area contributed by atoms with Gasteiger partial charge in [-0.05, 0) is 24.8 Å². The molecule has 0 saturated carbocycles. The molecule has 0 fully saturated rings. The summed E-state index contributed by atoms with van der Waals surface area (Å²) in [4.78, 5) is 0.634. The van der Waals surface area contributed by atoms with E-state index in [4.69, 9.17) is 18.0 Å². The summed E-state index contributed by atoms with van der Waals surface area (Å²) in [6.07, 6.45) is 4.95. The van der Waals surface area contributed by atoms with E-state index in [1.165, 1.54) is 11.3 Å². The van der Waals surface area contributed by atoms with Gasteiger partial charge in [-0.25, -0.2) is 0 Å². The van der Waals surface area contributed by atoms with E-state index >= 15 is 0 Å². The standard InChI is InChI=1S/C8H11N3S/c9-8(12)5-1-2-6-4-10-11-7(6)3-5/h4-5H,1-3H2,(H2,9,12)(H,10,11)/t5-/m0/s1. The first-order valence-electron chi connectivity index (χ1n) is 4.08. The molecule has 1 aliphatic rings. The Morgan fingerprint density at radius 3 is 3.33 bits per heavy atom. The first kappa shape index (κ1) is 7.73. The zero-order valence-electron chi connectivity index (χ0n) is 6.71. The monoisotopic (exact) mass is 181 g/mol. The Labute approximate surface area is 76.3 Å². The van der Waals surface area contributed by atoms with E-state index in [2.05, 4.69) is 10.2 Å². The molecule has 0 amide bonds. The molecule has 3 N–H and O–H groups in total. The van der Waals surface area contributed by atoms with Gasteiger partial charge in [-0.2, -0.15) is 5.10 Å². The Kier molecular flexibility index (Phi) is 1.84. The second kappa shape index (κ2) is 2.86. The molecule has 0 aromatic carbocycles. The summed E-state index contributed by atoms with van der Waals surface area (Å²) in [6.45, 7) is 0. The largest absolute Gasteiger partial charge is 0.393 e. The molecule has 1 aliphatic carbocycles. The zero-order chi connectivity index (χ0) is 8.55. The Bertz CT molecular complexity index is 305. The van der Waals surface area contributed by atoms with Crippen molar-refractivity contribution in [2.45, 2.75) is 19.3 Å². The number of hydrogen-bond donors (Lipinski definition) is 2. The smallest absolute Gasteiger partial charge is 0.0762 e. The average Bonchev–Trinajstić information content (AvgIpc) is 2.49. The first-order valence-corrected chi connectivity index (χ1v) is 4.48. The van der Waals surface area contributed by atoms with Crippen LogP contribution in [0.2, 0.25) is 0 Å². The van der Waals surface area contributed by atoms with Crippen LogP contribution in [0.3, 0.4) is 0 Å². The van der Waals surface area contributed by atoms with E-state index in [1.54, 1.807) is 0 Å². The third kappa shape index (κ3) is 1.22. The maximum Gasteiger partial charge on any atom is 0.0762 e. The number of nitrogens with zero attached hydrogens (tertiary/aromatic N) is 1. The lowest BCUT2D eigenvalue weighted by Gasteiger charge is -2.19. The quantitative estimate of drug-likeness (QED) is 0.630. The molecule has 1 heterocycles. The topological polar surface area (TPSA) is 54.7 Å². The van der Waals surface area contributed by atoms with E-state index in [0.717, 1.165) is 19.3 Å². The molecule has 0 radical (unpaired) electrons. The number of aromatic nitrogens is 2. The van der Waals surface area contributed by atoms with Gasteiger partial charge in [-0.15, -0.1) is 0 Å². The number of rotatable bonds is 1. The number of H-pyrrole nitrogens is 1. The van der Waals surface area contributed by atoms with Gasteiger partial charge in [-0.1, -0.05) is 12.2 Å². The van der Waals surface area contributed by atoms with Crippen LogP contribution in [0, 0.1) is 5.92 Å². The van der Waals surface area contributed by atoms with Gasteiger partial charge in [0.2, 0.25) is 0 Å². The molecule has 1 aromatic heterocycles. The molecule has 0 aliphatic heterocycles. The van der Waals surface area contributed by atoms with Crippen LogP contribution in [0.5, 0.6) is 0 Å². The maximum atomic E-state index is 5.59. The fraction of sp³-hybridized carbons (Fsp3) is 0.500. The number of nitrogens with two attached hydrogens (primary N) is 1. The summed E-state index contributed by atoms with van der Waals surface area (Å²) in [5.41, 5.74) is 8.12. The van der Waals surface area contributed by atoms with E-state index < -0.39 is 0 Å². The summed E-state index contributed by atoms with van der Waals surface area (Å²) in [5, 5.41) is 6.97. The van der Waals surface area contributed by atoms with Crippen molar-refractivity contribution in [1.82, 2.24) is 10.2 Å². The molecule has 0 saturated heterocycles. The van der Waals surface area contributed by atoms with Crippen LogP contribution in [0.1, 0.15) is 17.7 Å². The Balaban J connectivity index is 2.20. The van der Waals surface area contributed by atoms with E-state index in [0.29, 0.717) is 10.9 Å². The highest BCUT2D eigenvalue weighted by Crippen LogP contribution is 2.23. The Morgan fingerprint density at radius 2 is 2.58 bits per heavy atom. The molecule has 12 heavy (non-hydrogen) atoms. The molecule has 0 unspecified atom stereocenters. The van der Waals surface area contributed by atoms with Crippen molar-refractivity contribution >= 4 is 17.2 Å². The molecule has 64 valence electrons. The van der Waals surface area contributed by atoms with Gasteiger partial charge in [0.25, 0.3) is 0 Å². The Hall–Kier alpha value is -0.900. The van der Waals surface area contributed by atoms with Crippen molar-refractivity contribution in [1.29, 1.82) is 0 Å². The summed E-state index contributed by atoms with van der Waals surface area (Å²) in [6, 6.07) is 0. The van der Waals surface area contributed by atoms with Crippen molar-refractivity contribution in [2.75, 3.05) is 0 Å². The van der Waals surface area contributed by atoms with Crippen LogP contribution in [0.15, 0.2) is 6.20 Å². The lowest BCUT2D eigenvalue weighted by molar-refractivity contribution is 0.578. The normalized spacial score (nSPS) is 21.8. The lowest BCUT2D eigenvalue weighted by Crippen LogP contribution is -2.26. The molecule has 0 spiro atoms. The number of nitrogens with one attached hydrogen (secondary N) is 1. The Morgan fingerprint density at radius 1 is 1.75 bits per heavy atom. The maximum absolute atomic E-state index is 5.59. The minimum atomic E-state index is 0.368. The van der Waals surface area contributed by atoms with E-state index in [9.17, 15) is 0 Å². The molecular weight excluding hydrogens is 170 g/mol. The van der Waals surface area contributed by atoms with Crippen LogP contribution in [-0.2, 0) is 12.8 Å². The second-order valence-electron chi connectivity index (χ2n) is 3.22. The van der Waals surface area contributed by atoms with Crippen LogP contribution in [0.4, 0.5) is 0 Å². The fourth-order valence-corrected chi connectivity index (χ4v) is 1.85. The summed E-state index contributed by atoms with van der Waals surface area (Å²) >= 11 is 4.96. The van der Waals surface area contributed by atoms with Crippen molar-refractivity contribution in [3.8, 4) is 0 Å². The number of thiocarbonyl (C=S) groups is 1. The lowest BCUT2D eigenvalue weighted by atomic mass is 9.88. The van der Waals surface area contributed by atoms with Crippen molar-refractivity contribution in [3.63, 3.8) is 0 Å². The molecule has 4 heteroatoms. The van der Waals surface area contributed by atoms with E-state index in [1.807, 2.05) is 6.20 Å². The summed E-state index contributed by atoms with van der Waals surface area (Å²) < 4.78 is 0. The van der Waals surface area contributed by atoms with Gasteiger partial charge in [-0.3, -0.25) is 5.10 Å². The van der Waals surface area contributed by atoms with Gasteiger partial charge in [0.05, 0.1) is 11.2 Å². The highest BCUT2D eigenvalue weighted by atomic mass is 32.1. The van der Waals surface area contributed by atoms with Crippen molar-refractivity contribution < 1.29 is 0 Å². The summed E-state index contributed by atoms with van der Waals surface area (Å²) in [7, 11) is 0. The fourth-order valence-electron chi connectivity index (χ4n) is 1.65. The van der Waals surface area contributed by atoms with Gasteiger partial charge in [0.1, 0.15) is 0 Å². The van der Waals surface area contributed by atoms with Crippen LogP contribution >= 0.6 is 12.2 Å². The predicted molar refractivity (Wildman–Crippen MR) is 50.9 cm³/mol. The molecule has 0 bridgehead atoms. The zero-order valence-corrected chi connectivity index (χ0v) is 7.53. The van der Waals surface area contributed by atoms with Gasteiger partial charge in [0, 0.05) is 11.6 Å². The summed E-state index contributed by atoms with van der Waals surface area (Å²) in [5.74, 6) is 0.368. The molecule has 3 nitrogen and oxygen atoms in total. The number of aryl methyl sites for hydroxylation is 1. The number of fused-ring (bicyclic) bond motifs is 1. The van der Waals surface area contributed by atoms with Crippen molar-refractivity contribution in [3.05, 3.63) is 17.5 Å². The van der Waals surface area contributed by atoms with Crippen LogP contribution < -0.4 is 5.73 Å². The molecule has 2 rings (SSSR count). The van der Waals surface area contributed by atoms with Crippen LogP contribution in [0.25, 0.3) is 0 Å². The SMILES string of the molecule is NC(=S)[C@H]1CCc2cn[nH]c2C1. The minimum absolute atomic E-state index is 0.368. The second-order valence-corrected chi connectivity index (χ2v) is 3.69. The van der Waals surface area contributed by atoms with Crippen LogP contribution in [-0.4, -0.2) is 15.2 Å². The van der Waals surface area contributed by atoms with Gasteiger partial charge < -0.3 is 5.73 Å². The molecule has 1 aromatic rings. The third-order valence-corrected chi connectivity index (χ3v) is 2.76. The first-order chi connectivity index (χ1) is 5.77. The number of hydrogen-bond acceptors (Lipinski definition) is 2. The highest BCUT2D eigenvalue weighted by Gasteiger charge is 2.21. The predicted octanol–water partition coefficient (Wildman–Crippen LogP) is 0.801. The van der Waals surface area contributed by atoms with E-state index in [-0.39, 0.29) is 0 Å².